The van der Waals surface area contributed by atoms with Crippen LogP contribution in [0.5, 0.6) is 5.75 Å². The maximum Gasteiger partial charge on any atom is 0.410 e. The molecule has 2 fully saturated rings. The zero-order chi connectivity index (χ0) is 18.0. The van der Waals surface area contributed by atoms with Crippen molar-refractivity contribution >= 4 is 12.0 Å². The summed E-state index contributed by atoms with van der Waals surface area (Å²) in [6, 6.07) is 3.24. The van der Waals surface area contributed by atoms with Crippen LogP contribution < -0.4 is 4.74 Å². The molecule has 2 aliphatic rings. The predicted molar refractivity (Wildman–Crippen MR) is 91.2 cm³/mol. The van der Waals surface area contributed by atoms with Crippen LogP contribution in [-0.2, 0) is 9.53 Å². The van der Waals surface area contributed by atoms with Crippen LogP contribution >= 0.6 is 0 Å². The fourth-order valence-electron chi connectivity index (χ4n) is 3.08. The zero-order valence-electron chi connectivity index (χ0n) is 15.0. The van der Waals surface area contributed by atoms with Crippen LogP contribution in [-0.4, -0.2) is 64.2 Å². The third-order valence-electron chi connectivity index (χ3n) is 4.26. The van der Waals surface area contributed by atoms with Gasteiger partial charge in [0.2, 0.25) is 5.91 Å². The highest BCUT2D eigenvalue weighted by atomic mass is 16.6. The Labute approximate surface area is 147 Å². The number of rotatable bonds is 3. The number of amides is 2. The number of carbonyl (C=O) groups is 2. The third-order valence-corrected chi connectivity index (χ3v) is 4.26. The molecule has 1 aromatic heterocycles. The molecule has 0 aliphatic carbocycles. The number of carbonyl (C=O) groups excluding carboxylic acids is 2. The lowest BCUT2D eigenvalue weighted by atomic mass is 10.1. The molecule has 2 saturated heterocycles. The number of likely N-dealkylation sites (tertiary alicyclic amines) is 2. The van der Waals surface area contributed by atoms with Crippen molar-refractivity contribution in [2.24, 2.45) is 0 Å². The summed E-state index contributed by atoms with van der Waals surface area (Å²) in [5.41, 5.74) is -0.563. The topological polar surface area (TPSA) is 72.0 Å². The lowest BCUT2D eigenvalue weighted by Crippen LogP contribution is -2.60. The summed E-state index contributed by atoms with van der Waals surface area (Å²) in [4.78, 5) is 32.3. The molecule has 1 atom stereocenters. The fourth-order valence-corrected chi connectivity index (χ4v) is 3.08. The summed E-state index contributed by atoms with van der Waals surface area (Å²) in [7, 11) is 0. The second-order valence-corrected chi connectivity index (χ2v) is 7.50. The first kappa shape index (κ1) is 17.5. The number of ether oxygens (including phenoxy) is 2. The molecule has 0 saturated carbocycles. The molecule has 3 rings (SSSR count). The van der Waals surface area contributed by atoms with Crippen LogP contribution in [0.25, 0.3) is 0 Å². The quantitative estimate of drug-likeness (QED) is 0.837. The second kappa shape index (κ2) is 6.90. The van der Waals surface area contributed by atoms with E-state index in [2.05, 4.69) is 4.98 Å². The van der Waals surface area contributed by atoms with Gasteiger partial charge in [0.05, 0.1) is 19.3 Å². The monoisotopic (exact) mass is 347 g/mol. The molecular formula is C18H25N3O4. The molecule has 2 amide bonds. The summed E-state index contributed by atoms with van der Waals surface area (Å²) in [5, 5.41) is 0. The van der Waals surface area contributed by atoms with Crippen LogP contribution in [0.15, 0.2) is 24.5 Å². The Hall–Kier alpha value is -2.31. The first-order valence-electron chi connectivity index (χ1n) is 8.68. The van der Waals surface area contributed by atoms with E-state index in [-0.39, 0.29) is 12.0 Å². The van der Waals surface area contributed by atoms with E-state index in [4.69, 9.17) is 9.47 Å². The van der Waals surface area contributed by atoms with Crippen molar-refractivity contribution < 1.29 is 19.1 Å². The van der Waals surface area contributed by atoms with E-state index in [9.17, 15) is 9.59 Å². The Balaban J connectivity index is 1.52. The van der Waals surface area contributed by atoms with Gasteiger partial charge in [0.1, 0.15) is 23.5 Å². The van der Waals surface area contributed by atoms with Crippen LogP contribution in [0.3, 0.4) is 0 Å². The fraction of sp³-hybridized carbons (Fsp3) is 0.611. The number of hydrogen-bond donors (Lipinski definition) is 0. The van der Waals surface area contributed by atoms with Crippen molar-refractivity contribution in [2.45, 2.75) is 51.4 Å². The van der Waals surface area contributed by atoms with Crippen molar-refractivity contribution in [3.63, 3.8) is 0 Å². The number of nitrogens with zero attached hydrogens (tertiary/aromatic N) is 3. The summed E-state index contributed by atoms with van der Waals surface area (Å²) < 4.78 is 11.2. The summed E-state index contributed by atoms with van der Waals surface area (Å²) >= 11 is 0. The molecule has 3 heterocycles. The minimum Gasteiger partial charge on any atom is -0.485 e. The Kier molecular flexibility index (Phi) is 4.83. The van der Waals surface area contributed by atoms with Crippen LogP contribution in [0, 0.1) is 0 Å². The van der Waals surface area contributed by atoms with E-state index < -0.39 is 17.7 Å². The molecule has 1 aromatic rings. The highest BCUT2D eigenvalue weighted by Gasteiger charge is 2.42. The highest BCUT2D eigenvalue weighted by Crippen LogP contribution is 2.25. The van der Waals surface area contributed by atoms with E-state index in [1.807, 2.05) is 32.9 Å². The maximum atomic E-state index is 12.7. The minimum absolute atomic E-state index is 0.0191. The van der Waals surface area contributed by atoms with Crippen molar-refractivity contribution in [1.82, 2.24) is 14.8 Å². The van der Waals surface area contributed by atoms with E-state index >= 15 is 0 Å². The van der Waals surface area contributed by atoms with E-state index in [1.54, 1.807) is 22.2 Å². The lowest BCUT2D eigenvalue weighted by Gasteiger charge is -2.41. The number of aromatic nitrogens is 1. The van der Waals surface area contributed by atoms with Gasteiger partial charge in [-0.1, -0.05) is 0 Å². The molecule has 25 heavy (non-hydrogen) atoms. The Morgan fingerprint density at radius 1 is 1.28 bits per heavy atom. The van der Waals surface area contributed by atoms with Crippen molar-refractivity contribution in [3.05, 3.63) is 24.5 Å². The molecule has 7 nitrogen and oxygen atoms in total. The molecule has 0 radical (unpaired) electrons. The predicted octanol–water partition coefficient (Wildman–Crippen LogP) is 2.07. The lowest BCUT2D eigenvalue weighted by molar-refractivity contribution is -0.144. The summed E-state index contributed by atoms with van der Waals surface area (Å²) in [5.74, 6) is 0.685. The van der Waals surface area contributed by atoms with Gasteiger partial charge in [-0.3, -0.25) is 14.7 Å². The standard InChI is InChI=1S/C18H25N3O4/c1-18(2,3)25-17(23)21-9-5-7-15(21)16(22)20-11-14(12-20)24-13-6-4-8-19-10-13/h4,6,8,10,14-15H,5,7,9,11-12H2,1-3H3. The van der Waals surface area contributed by atoms with Gasteiger partial charge < -0.3 is 14.4 Å². The van der Waals surface area contributed by atoms with E-state index in [0.29, 0.717) is 31.8 Å². The molecular weight excluding hydrogens is 322 g/mol. The number of pyridine rings is 1. The Bertz CT molecular complexity index is 623. The number of hydrogen-bond acceptors (Lipinski definition) is 5. The minimum atomic E-state index is -0.563. The van der Waals surface area contributed by atoms with Gasteiger partial charge in [-0.15, -0.1) is 0 Å². The Morgan fingerprint density at radius 3 is 2.68 bits per heavy atom. The molecule has 7 heteroatoms. The van der Waals surface area contributed by atoms with Gasteiger partial charge in [0.25, 0.3) is 0 Å². The van der Waals surface area contributed by atoms with Crippen LogP contribution in [0.4, 0.5) is 4.79 Å². The summed E-state index contributed by atoms with van der Waals surface area (Å²) in [6.07, 6.45) is 4.42. The highest BCUT2D eigenvalue weighted by molar-refractivity contribution is 5.87. The van der Waals surface area contributed by atoms with Crippen molar-refractivity contribution in [2.75, 3.05) is 19.6 Å². The van der Waals surface area contributed by atoms with Gasteiger partial charge >= 0.3 is 6.09 Å². The smallest absolute Gasteiger partial charge is 0.410 e. The van der Waals surface area contributed by atoms with Crippen LogP contribution in [0.1, 0.15) is 33.6 Å². The molecule has 1 unspecified atom stereocenters. The molecule has 0 N–H and O–H groups in total. The first-order chi connectivity index (χ1) is 11.8. The van der Waals surface area contributed by atoms with Gasteiger partial charge in [-0.25, -0.2) is 4.79 Å². The Morgan fingerprint density at radius 2 is 2.04 bits per heavy atom. The SMILES string of the molecule is CC(C)(C)OC(=O)N1CCCC1C(=O)N1CC(Oc2cccnc2)C1. The van der Waals surface area contributed by atoms with Crippen molar-refractivity contribution in [1.29, 1.82) is 0 Å². The normalized spacial score (nSPS) is 21.0. The molecule has 2 aliphatic heterocycles. The van der Waals surface area contributed by atoms with Gasteiger partial charge in [0.15, 0.2) is 0 Å². The van der Waals surface area contributed by atoms with Gasteiger partial charge in [-0.2, -0.15) is 0 Å². The van der Waals surface area contributed by atoms with Crippen LogP contribution in [0.2, 0.25) is 0 Å². The third kappa shape index (κ3) is 4.21. The maximum absolute atomic E-state index is 12.7. The largest absolute Gasteiger partial charge is 0.485 e. The molecule has 0 bridgehead atoms. The van der Waals surface area contributed by atoms with Gasteiger partial charge in [-0.05, 0) is 45.7 Å². The zero-order valence-corrected chi connectivity index (χ0v) is 15.0. The first-order valence-corrected chi connectivity index (χ1v) is 8.68. The van der Waals surface area contributed by atoms with Crippen molar-refractivity contribution in [3.8, 4) is 5.75 Å². The molecule has 0 spiro atoms. The molecule has 0 aromatic carbocycles. The van der Waals surface area contributed by atoms with Gasteiger partial charge in [0, 0.05) is 12.7 Å². The average Bonchev–Trinajstić information content (AvgIpc) is 2.99. The second-order valence-electron chi connectivity index (χ2n) is 7.50. The summed E-state index contributed by atoms with van der Waals surface area (Å²) in [6.45, 7) is 7.11. The van der Waals surface area contributed by atoms with E-state index in [0.717, 1.165) is 6.42 Å². The van der Waals surface area contributed by atoms with E-state index in [1.165, 1.54) is 0 Å². The molecule has 136 valence electrons. The average molecular weight is 347 g/mol.